The van der Waals surface area contributed by atoms with Crippen LogP contribution < -0.4 is 10.1 Å². The number of carbonyl (C=O) groups excluding carboxylic acids is 1. The zero-order chi connectivity index (χ0) is 14.5. The SMILES string of the molecule is COc1cc(Cl)c(C)cc1NC(=O)CC1CCSCC1. The van der Waals surface area contributed by atoms with Crippen LogP contribution in [0, 0.1) is 12.8 Å². The third kappa shape index (κ3) is 4.06. The molecule has 2 rings (SSSR count). The first kappa shape index (κ1) is 15.5. The Labute approximate surface area is 129 Å². The second-order valence-corrected chi connectivity index (χ2v) is 6.74. The maximum absolute atomic E-state index is 12.1. The van der Waals surface area contributed by atoms with E-state index in [0.717, 1.165) is 18.4 Å². The number of aryl methyl sites for hydroxylation is 1. The summed E-state index contributed by atoms with van der Waals surface area (Å²) in [6, 6.07) is 3.60. The molecule has 0 radical (unpaired) electrons. The number of ether oxygens (including phenoxy) is 1. The lowest BCUT2D eigenvalue weighted by molar-refractivity contribution is -0.117. The summed E-state index contributed by atoms with van der Waals surface area (Å²) in [6.45, 7) is 1.91. The van der Waals surface area contributed by atoms with E-state index in [1.807, 2.05) is 24.8 Å². The van der Waals surface area contributed by atoms with Gasteiger partial charge in [-0.15, -0.1) is 0 Å². The number of rotatable bonds is 4. The minimum Gasteiger partial charge on any atom is -0.495 e. The number of anilines is 1. The lowest BCUT2D eigenvalue weighted by Gasteiger charge is -2.21. The largest absolute Gasteiger partial charge is 0.495 e. The van der Waals surface area contributed by atoms with Gasteiger partial charge in [-0.25, -0.2) is 0 Å². The Kier molecular flexibility index (Phi) is 5.61. The quantitative estimate of drug-likeness (QED) is 0.908. The third-order valence-electron chi connectivity index (χ3n) is 3.57. The number of hydrogen-bond donors (Lipinski definition) is 1. The van der Waals surface area contributed by atoms with Crippen molar-refractivity contribution in [3.05, 3.63) is 22.7 Å². The van der Waals surface area contributed by atoms with Gasteiger partial charge in [0.15, 0.2) is 0 Å². The molecule has 1 fully saturated rings. The molecule has 0 bridgehead atoms. The van der Waals surface area contributed by atoms with Crippen LogP contribution in [0.25, 0.3) is 0 Å². The molecule has 1 aliphatic rings. The molecule has 1 aromatic rings. The fourth-order valence-corrected chi connectivity index (χ4v) is 3.70. The Balaban J connectivity index is 2.01. The van der Waals surface area contributed by atoms with Crippen LogP contribution in [0.5, 0.6) is 5.75 Å². The summed E-state index contributed by atoms with van der Waals surface area (Å²) in [6.07, 6.45) is 2.86. The number of nitrogens with one attached hydrogen (secondary N) is 1. The number of thioether (sulfide) groups is 1. The summed E-state index contributed by atoms with van der Waals surface area (Å²) in [5, 5.41) is 3.59. The third-order valence-corrected chi connectivity index (χ3v) is 5.03. The van der Waals surface area contributed by atoms with E-state index in [4.69, 9.17) is 16.3 Å². The van der Waals surface area contributed by atoms with Crippen molar-refractivity contribution in [2.24, 2.45) is 5.92 Å². The average Bonchev–Trinajstić information content (AvgIpc) is 2.43. The fourth-order valence-electron chi connectivity index (χ4n) is 2.34. The normalized spacial score (nSPS) is 15.9. The number of hydrogen-bond acceptors (Lipinski definition) is 3. The number of benzene rings is 1. The molecule has 0 unspecified atom stereocenters. The van der Waals surface area contributed by atoms with E-state index in [0.29, 0.717) is 28.8 Å². The van der Waals surface area contributed by atoms with Crippen molar-refractivity contribution in [1.29, 1.82) is 0 Å². The molecule has 0 spiro atoms. The summed E-state index contributed by atoms with van der Waals surface area (Å²) >= 11 is 8.03. The van der Waals surface area contributed by atoms with Gasteiger partial charge in [0, 0.05) is 17.5 Å². The Morgan fingerprint density at radius 1 is 1.45 bits per heavy atom. The van der Waals surface area contributed by atoms with Crippen molar-refractivity contribution in [3.63, 3.8) is 0 Å². The second-order valence-electron chi connectivity index (χ2n) is 5.11. The average molecular weight is 314 g/mol. The van der Waals surface area contributed by atoms with Gasteiger partial charge in [-0.3, -0.25) is 4.79 Å². The molecule has 110 valence electrons. The van der Waals surface area contributed by atoms with Gasteiger partial charge in [0.1, 0.15) is 5.75 Å². The highest BCUT2D eigenvalue weighted by Crippen LogP contribution is 2.32. The molecule has 0 aromatic heterocycles. The van der Waals surface area contributed by atoms with E-state index in [1.54, 1.807) is 13.2 Å². The molecule has 1 aliphatic heterocycles. The van der Waals surface area contributed by atoms with Crippen molar-refractivity contribution >= 4 is 35.0 Å². The Morgan fingerprint density at radius 3 is 2.80 bits per heavy atom. The molecule has 0 atom stereocenters. The molecule has 1 aromatic carbocycles. The lowest BCUT2D eigenvalue weighted by Crippen LogP contribution is -2.20. The predicted octanol–water partition coefficient (Wildman–Crippen LogP) is 4.13. The molecular formula is C15H20ClNO2S. The van der Waals surface area contributed by atoms with Crippen LogP contribution in [-0.4, -0.2) is 24.5 Å². The molecule has 1 N–H and O–H groups in total. The van der Waals surface area contributed by atoms with Gasteiger partial charge in [-0.1, -0.05) is 11.6 Å². The second kappa shape index (κ2) is 7.23. The van der Waals surface area contributed by atoms with E-state index in [2.05, 4.69) is 5.32 Å². The summed E-state index contributed by atoms with van der Waals surface area (Å²) in [5.74, 6) is 3.51. The van der Waals surface area contributed by atoms with Crippen LogP contribution in [0.1, 0.15) is 24.8 Å². The van der Waals surface area contributed by atoms with Crippen LogP contribution in [-0.2, 0) is 4.79 Å². The van der Waals surface area contributed by atoms with Crippen molar-refractivity contribution in [2.45, 2.75) is 26.2 Å². The lowest BCUT2D eigenvalue weighted by atomic mass is 9.98. The first-order chi connectivity index (χ1) is 9.60. The molecule has 1 amide bonds. The van der Waals surface area contributed by atoms with Gasteiger partial charge in [-0.05, 0) is 48.8 Å². The molecule has 5 heteroatoms. The van der Waals surface area contributed by atoms with Gasteiger partial charge in [0.25, 0.3) is 0 Å². The van der Waals surface area contributed by atoms with Gasteiger partial charge >= 0.3 is 0 Å². The van der Waals surface area contributed by atoms with E-state index in [1.165, 1.54) is 11.5 Å². The van der Waals surface area contributed by atoms with Gasteiger partial charge in [0.2, 0.25) is 5.91 Å². The summed E-state index contributed by atoms with van der Waals surface area (Å²) < 4.78 is 5.27. The number of amides is 1. The molecular weight excluding hydrogens is 294 g/mol. The highest BCUT2D eigenvalue weighted by atomic mass is 35.5. The number of carbonyl (C=O) groups is 1. The summed E-state index contributed by atoms with van der Waals surface area (Å²) in [7, 11) is 1.58. The van der Waals surface area contributed by atoms with E-state index in [9.17, 15) is 4.79 Å². The smallest absolute Gasteiger partial charge is 0.224 e. The number of methoxy groups -OCH3 is 1. The van der Waals surface area contributed by atoms with E-state index < -0.39 is 0 Å². The highest BCUT2D eigenvalue weighted by Gasteiger charge is 2.18. The molecule has 1 saturated heterocycles. The monoisotopic (exact) mass is 313 g/mol. The van der Waals surface area contributed by atoms with E-state index in [-0.39, 0.29) is 5.91 Å². The van der Waals surface area contributed by atoms with Crippen molar-refractivity contribution in [1.82, 2.24) is 0 Å². The first-order valence-electron chi connectivity index (χ1n) is 6.82. The Hall–Kier alpha value is -0.870. The molecule has 0 saturated carbocycles. The van der Waals surface area contributed by atoms with Crippen LogP contribution in [0.4, 0.5) is 5.69 Å². The molecule has 3 nitrogen and oxygen atoms in total. The van der Waals surface area contributed by atoms with Crippen molar-refractivity contribution < 1.29 is 9.53 Å². The molecule has 0 aliphatic carbocycles. The topological polar surface area (TPSA) is 38.3 Å². The highest BCUT2D eigenvalue weighted by molar-refractivity contribution is 7.99. The Bertz CT molecular complexity index is 487. The minimum absolute atomic E-state index is 0.0573. The Morgan fingerprint density at radius 2 is 2.15 bits per heavy atom. The minimum atomic E-state index is 0.0573. The summed E-state index contributed by atoms with van der Waals surface area (Å²) in [5.41, 5.74) is 1.63. The summed E-state index contributed by atoms with van der Waals surface area (Å²) in [4.78, 5) is 12.1. The maximum atomic E-state index is 12.1. The van der Waals surface area contributed by atoms with Gasteiger partial charge in [0.05, 0.1) is 12.8 Å². The zero-order valence-corrected chi connectivity index (χ0v) is 13.4. The van der Waals surface area contributed by atoms with Crippen molar-refractivity contribution in [2.75, 3.05) is 23.9 Å². The number of halogens is 1. The predicted molar refractivity (Wildman–Crippen MR) is 86.0 cm³/mol. The standard InChI is InChI=1S/C15H20ClNO2S/c1-10-7-13(14(19-2)9-12(10)16)17-15(18)8-11-3-5-20-6-4-11/h7,9,11H,3-6,8H2,1-2H3,(H,17,18). The van der Waals surface area contributed by atoms with Gasteiger partial charge in [-0.2, -0.15) is 11.8 Å². The van der Waals surface area contributed by atoms with Crippen molar-refractivity contribution in [3.8, 4) is 5.75 Å². The van der Waals surface area contributed by atoms with Gasteiger partial charge < -0.3 is 10.1 Å². The first-order valence-corrected chi connectivity index (χ1v) is 8.35. The zero-order valence-electron chi connectivity index (χ0n) is 11.9. The fraction of sp³-hybridized carbons (Fsp3) is 0.533. The van der Waals surface area contributed by atoms with E-state index >= 15 is 0 Å². The van der Waals surface area contributed by atoms with Crippen LogP contribution in [0.2, 0.25) is 5.02 Å². The maximum Gasteiger partial charge on any atom is 0.224 e. The molecule has 20 heavy (non-hydrogen) atoms. The van der Waals surface area contributed by atoms with Crippen LogP contribution in [0.15, 0.2) is 12.1 Å². The molecule has 1 heterocycles. The van der Waals surface area contributed by atoms with Crippen LogP contribution >= 0.6 is 23.4 Å². The van der Waals surface area contributed by atoms with Crippen LogP contribution in [0.3, 0.4) is 0 Å².